The third-order valence-corrected chi connectivity index (χ3v) is 4.47. The van der Waals surface area contributed by atoms with Crippen LogP contribution >= 0.6 is 0 Å². The average Bonchev–Trinajstić information content (AvgIpc) is 2.70. The Hall–Kier alpha value is -3.35. The van der Waals surface area contributed by atoms with E-state index in [9.17, 15) is 14.0 Å². The molecule has 3 rings (SSSR count). The van der Waals surface area contributed by atoms with Crippen molar-refractivity contribution in [2.24, 2.45) is 0 Å². The number of nitrogens with one attached hydrogen (secondary N) is 2. The summed E-state index contributed by atoms with van der Waals surface area (Å²) in [6.07, 6.45) is 2.39. The lowest BCUT2D eigenvalue weighted by Crippen LogP contribution is -2.49. The number of halogens is 1. The molecule has 1 aliphatic rings. The number of hydrogen-bond acceptors (Lipinski definition) is 2. The number of urea groups is 2. The van der Waals surface area contributed by atoms with Gasteiger partial charge in [0.2, 0.25) is 0 Å². The van der Waals surface area contributed by atoms with Crippen molar-refractivity contribution in [3.63, 3.8) is 0 Å². The summed E-state index contributed by atoms with van der Waals surface area (Å²) in [5.74, 6) is -0.308. The zero-order chi connectivity index (χ0) is 19.9. The summed E-state index contributed by atoms with van der Waals surface area (Å²) < 4.78 is 13.9. The number of anilines is 2. The molecule has 1 fully saturated rings. The third-order valence-electron chi connectivity index (χ3n) is 4.47. The molecule has 1 heterocycles. The lowest BCUT2D eigenvalue weighted by Gasteiger charge is -2.35. The number of rotatable bonds is 6. The van der Waals surface area contributed by atoms with Gasteiger partial charge in [-0.3, -0.25) is 4.90 Å². The maximum absolute atomic E-state index is 13.9. The molecule has 0 aromatic heterocycles. The number of hydrogen-bond donors (Lipinski definition) is 2. The van der Waals surface area contributed by atoms with Gasteiger partial charge in [-0.2, -0.15) is 0 Å². The molecule has 0 saturated carbocycles. The molecule has 0 spiro atoms. The van der Waals surface area contributed by atoms with Crippen molar-refractivity contribution in [3.05, 3.63) is 72.6 Å². The topological polar surface area (TPSA) is 64.7 Å². The van der Waals surface area contributed by atoms with E-state index < -0.39 is 0 Å². The van der Waals surface area contributed by atoms with Crippen LogP contribution in [0, 0.1) is 5.82 Å². The summed E-state index contributed by atoms with van der Waals surface area (Å²) >= 11 is 0. The van der Waals surface area contributed by atoms with Crippen LogP contribution in [0.15, 0.2) is 61.2 Å². The number of carbonyl (C=O) groups excluding carboxylic acids is 2. The fraction of sp³-hybridized carbons (Fsp3) is 0.238. The highest BCUT2D eigenvalue weighted by atomic mass is 19.1. The highest BCUT2D eigenvalue weighted by Gasteiger charge is 2.27. The van der Waals surface area contributed by atoms with Gasteiger partial charge in [0.1, 0.15) is 5.82 Å². The molecule has 1 aliphatic heterocycles. The Bertz CT molecular complexity index is 854. The molecule has 0 aliphatic carbocycles. The second-order valence-electron chi connectivity index (χ2n) is 6.47. The lowest BCUT2D eigenvalue weighted by molar-refractivity contribution is 0.192. The van der Waals surface area contributed by atoms with Crippen LogP contribution in [0.25, 0.3) is 0 Å². The van der Waals surface area contributed by atoms with Gasteiger partial charge in [0, 0.05) is 36.6 Å². The Morgan fingerprint density at radius 2 is 1.89 bits per heavy atom. The van der Waals surface area contributed by atoms with Crippen molar-refractivity contribution < 1.29 is 14.0 Å². The van der Waals surface area contributed by atoms with Crippen molar-refractivity contribution in [2.45, 2.75) is 13.0 Å². The van der Waals surface area contributed by atoms with Crippen molar-refractivity contribution >= 4 is 23.4 Å². The first-order valence-corrected chi connectivity index (χ1v) is 9.14. The summed E-state index contributed by atoms with van der Waals surface area (Å²) in [5.41, 5.74) is 1.86. The Labute approximate surface area is 163 Å². The molecular weight excluding hydrogens is 359 g/mol. The Morgan fingerprint density at radius 3 is 2.61 bits per heavy atom. The molecule has 1 saturated heterocycles. The van der Waals surface area contributed by atoms with Crippen molar-refractivity contribution in [1.29, 1.82) is 0 Å². The predicted octanol–water partition coefficient (Wildman–Crippen LogP) is 3.97. The Kier molecular flexibility index (Phi) is 6.26. The van der Waals surface area contributed by atoms with E-state index in [1.54, 1.807) is 58.3 Å². The lowest BCUT2D eigenvalue weighted by atomic mass is 10.1. The van der Waals surface area contributed by atoms with Crippen LogP contribution in [0.4, 0.5) is 25.4 Å². The molecule has 28 heavy (non-hydrogen) atoms. The molecule has 0 unspecified atom stereocenters. The Balaban J connectivity index is 1.66. The van der Waals surface area contributed by atoms with E-state index >= 15 is 0 Å². The second kappa shape index (κ2) is 9.03. The standard InChI is InChI=1S/C21H23FN4O2/c1-2-12-23-20(27)24-17-8-10-18(11-9-17)26-14-5-13-25(21(26)28)15-16-6-3-4-7-19(16)22/h2-4,6-11H,1,5,12-15H2,(H2,23,24,27). The summed E-state index contributed by atoms with van der Waals surface area (Å²) in [7, 11) is 0. The molecular formula is C21H23FN4O2. The van der Waals surface area contributed by atoms with Gasteiger partial charge in [0.05, 0.1) is 6.54 Å². The largest absolute Gasteiger partial charge is 0.334 e. The van der Waals surface area contributed by atoms with E-state index in [2.05, 4.69) is 17.2 Å². The maximum Gasteiger partial charge on any atom is 0.324 e. The molecule has 4 amide bonds. The first kappa shape index (κ1) is 19.4. The highest BCUT2D eigenvalue weighted by Crippen LogP contribution is 2.23. The monoisotopic (exact) mass is 382 g/mol. The molecule has 0 bridgehead atoms. The van der Waals surface area contributed by atoms with Gasteiger partial charge in [-0.05, 0) is 36.8 Å². The number of nitrogens with zero attached hydrogens (tertiary/aromatic N) is 2. The maximum atomic E-state index is 13.9. The van der Waals surface area contributed by atoms with Crippen LogP contribution in [-0.2, 0) is 6.54 Å². The van der Waals surface area contributed by atoms with Crippen LogP contribution in [0.1, 0.15) is 12.0 Å². The Morgan fingerprint density at radius 1 is 1.14 bits per heavy atom. The molecule has 146 valence electrons. The molecule has 2 aromatic rings. The minimum atomic E-state index is -0.322. The van der Waals surface area contributed by atoms with Crippen molar-refractivity contribution in [2.75, 3.05) is 29.9 Å². The molecule has 2 N–H and O–H groups in total. The number of benzene rings is 2. The quantitative estimate of drug-likeness (QED) is 0.743. The fourth-order valence-corrected chi connectivity index (χ4v) is 3.07. The van der Waals surface area contributed by atoms with Gasteiger partial charge in [0.25, 0.3) is 0 Å². The minimum absolute atomic E-state index is 0.154. The third kappa shape index (κ3) is 4.68. The molecule has 6 nitrogen and oxygen atoms in total. The summed E-state index contributed by atoms with van der Waals surface area (Å²) in [6.45, 7) is 5.35. The SMILES string of the molecule is C=CCNC(=O)Nc1ccc(N2CCCN(Cc3ccccc3F)C2=O)cc1. The first-order chi connectivity index (χ1) is 13.6. The van der Waals surface area contributed by atoms with Gasteiger partial charge in [-0.25, -0.2) is 14.0 Å². The second-order valence-corrected chi connectivity index (χ2v) is 6.47. The van der Waals surface area contributed by atoms with E-state index in [0.717, 1.165) is 12.1 Å². The van der Waals surface area contributed by atoms with Gasteiger partial charge in [-0.1, -0.05) is 24.3 Å². The summed E-state index contributed by atoms with van der Waals surface area (Å²) in [5, 5.41) is 5.34. The van der Waals surface area contributed by atoms with Crippen LogP contribution < -0.4 is 15.5 Å². The normalized spacial score (nSPS) is 14.0. The predicted molar refractivity (Wildman–Crippen MR) is 108 cm³/mol. The van der Waals surface area contributed by atoms with E-state index in [0.29, 0.717) is 30.9 Å². The molecule has 0 radical (unpaired) electrons. The highest BCUT2D eigenvalue weighted by molar-refractivity contribution is 5.94. The van der Waals surface area contributed by atoms with Crippen LogP contribution in [-0.4, -0.2) is 36.6 Å². The zero-order valence-corrected chi connectivity index (χ0v) is 15.5. The zero-order valence-electron chi connectivity index (χ0n) is 15.5. The van der Waals surface area contributed by atoms with Crippen LogP contribution in [0.5, 0.6) is 0 Å². The van der Waals surface area contributed by atoms with Crippen molar-refractivity contribution in [1.82, 2.24) is 10.2 Å². The van der Waals surface area contributed by atoms with Gasteiger partial charge in [0.15, 0.2) is 0 Å². The van der Waals surface area contributed by atoms with E-state index in [1.165, 1.54) is 6.07 Å². The number of carbonyl (C=O) groups is 2. The minimum Gasteiger partial charge on any atom is -0.334 e. The fourth-order valence-electron chi connectivity index (χ4n) is 3.07. The molecule has 7 heteroatoms. The van der Waals surface area contributed by atoms with Gasteiger partial charge < -0.3 is 15.5 Å². The van der Waals surface area contributed by atoms with E-state index in [1.807, 2.05) is 0 Å². The van der Waals surface area contributed by atoms with Crippen molar-refractivity contribution in [3.8, 4) is 0 Å². The van der Waals surface area contributed by atoms with E-state index in [-0.39, 0.29) is 24.4 Å². The number of amides is 4. The average molecular weight is 382 g/mol. The van der Waals surface area contributed by atoms with Gasteiger partial charge >= 0.3 is 12.1 Å². The van der Waals surface area contributed by atoms with E-state index in [4.69, 9.17) is 0 Å². The summed E-state index contributed by atoms with van der Waals surface area (Å²) in [6, 6.07) is 13.1. The van der Waals surface area contributed by atoms with Crippen LogP contribution in [0.2, 0.25) is 0 Å². The molecule has 2 aromatic carbocycles. The first-order valence-electron chi connectivity index (χ1n) is 9.14. The summed E-state index contributed by atoms with van der Waals surface area (Å²) in [4.78, 5) is 27.9. The van der Waals surface area contributed by atoms with Gasteiger partial charge in [-0.15, -0.1) is 6.58 Å². The van der Waals surface area contributed by atoms with Crippen LogP contribution in [0.3, 0.4) is 0 Å². The smallest absolute Gasteiger partial charge is 0.324 e. The molecule has 0 atom stereocenters.